The van der Waals surface area contributed by atoms with Gasteiger partial charge in [-0.1, -0.05) is 42.5 Å². The minimum absolute atomic E-state index is 0.0385. The summed E-state index contributed by atoms with van der Waals surface area (Å²) in [5, 5.41) is 2.79. The third-order valence-corrected chi connectivity index (χ3v) is 5.15. The van der Waals surface area contributed by atoms with Crippen molar-refractivity contribution >= 4 is 24.3 Å². The zero-order valence-electron chi connectivity index (χ0n) is 9.67. The normalized spacial score (nSPS) is 15.9. The molecule has 6 heteroatoms. The first kappa shape index (κ1) is 14.3. The van der Waals surface area contributed by atoms with Gasteiger partial charge in [-0.15, -0.1) is 0 Å². The van der Waals surface area contributed by atoms with Crippen LogP contribution in [0.1, 0.15) is 12.5 Å². The molecule has 0 spiro atoms. The van der Waals surface area contributed by atoms with Gasteiger partial charge in [0.05, 0.1) is 5.78 Å². The lowest BCUT2D eigenvalue weighted by atomic mass is 10.2. The van der Waals surface area contributed by atoms with Gasteiger partial charge in [-0.2, -0.15) is 0 Å². The van der Waals surface area contributed by atoms with Crippen molar-refractivity contribution in [3.63, 3.8) is 0 Å². The van der Waals surface area contributed by atoms with Crippen molar-refractivity contribution < 1.29 is 9.46 Å². The second-order valence-corrected chi connectivity index (χ2v) is 7.05. The van der Waals surface area contributed by atoms with Gasteiger partial charge < -0.3 is 15.9 Å². The molecule has 4 N–H and O–H groups in total. The number of hydrogen-bond acceptors (Lipinski definition) is 3. The van der Waals surface area contributed by atoms with Gasteiger partial charge >= 0.3 is 0 Å². The Bertz CT molecular complexity index is 423. The van der Waals surface area contributed by atoms with E-state index in [2.05, 4.69) is 5.32 Å². The van der Waals surface area contributed by atoms with Crippen molar-refractivity contribution in [3.05, 3.63) is 35.9 Å². The van der Waals surface area contributed by atoms with E-state index in [1.54, 1.807) is 0 Å². The summed E-state index contributed by atoms with van der Waals surface area (Å²) in [6.45, 7) is 2.01. The molecule has 0 heterocycles. The fraction of sp³-hybridized carbons (Fsp3) is 0.364. The summed E-state index contributed by atoms with van der Waals surface area (Å²) in [4.78, 5) is 9.58. The Morgan fingerprint density at radius 3 is 2.65 bits per heavy atom. The molecule has 17 heavy (non-hydrogen) atoms. The highest BCUT2D eigenvalue weighted by atomic mass is 32.1. The average Bonchev–Trinajstić information content (AvgIpc) is 2.30. The number of benzene rings is 1. The van der Waals surface area contributed by atoms with Crippen LogP contribution >= 0.6 is 19.6 Å². The summed E-state index contributed by atoms with van der Waals surface area (Å²) in [6, 6.07) is 9.84. The Morgan fingerprint density at radius 2 is 2.12 bits per heavy atom. The molecule has 94 valence electrons. The monoisotopic (exact) mass is 272 g/mol. The van der Waals surface area contributed by atoms with E-state index in [0.717, 1.165) is 12.0 Å². The van der Waals surface area contributed by atoms with Gasteiger partial charge in [0, 0.05) is 6.54 Å². The summed E-state index contributed by atoms with van der Waals surface area (Å²) in [5.41, 5.74) is 6.56. The molecule has 2 atom stereocenters. The van der Waals surface area contributed by atoms with Gasteiger partial charge in [-0.3, -0.25) is 4.57 Å². The molecule has 0 amide bonds. The Labute approximate surface area is 107 Å². The van der Waals surface area contributed by atoms with Crippen LogP contribution in [-0.4, -0.2) is 22.0 Å². The summed E-state index contributed by atoms with van der Waals surface area (Å²) in [7, 11) is -3.58. The number of thiocarbonyl (C=S) groups is 1. The van der Waals surface area contributed by atoms with E-state index < -0.39 is 13.2 Å². The number of hydrogen-bond donors (Lipinski definition) is 3. The molecule has 2 unspecified atom stereocenters. The van der Waals surface area contributed by atoms with Crippen LogP contribution in [0.15, 0.2) is 30.3 Å². The van der Waals surface area contributed by atoms with Crippen LogP contribution in [0.5, 0.6) is 0 Å². The van der Waals surface area contributed by atoms with Gasteiger partial charge in [0.25, 0.3) is 7.37 Å². The number of nitrogens with one attached hydrogen (secondary N) is 1. The maximum absolute atomic E-state index is 11.7. The molecule has 0 saturated heterocycles. The summed E-state index contributed by atoms with van der Waals surface area (Å²) >= 11 is 4.88. The van der Waals surface area contributed by atoms with Gasteiger partial charge in [0.15, 0.2) is 4.73 Å². The predicted molar refractivity (Wildman–Crippen MR) is 74.2 cm³/mol. The highest BCUT2D eigenvalue weighted by Crippen LogP contribution is 2.44. The molecular formula is C11H17N2O2PS. The SMILES string of the molecule is CC(N)P(=O)(O)C(=S)NCCc1ccccc1. The fourth-order valence-corrected chi connectivity index (χ4v) is 2.57. The zero-order valence-corrected chi connectivity index (χ0v) is 11.4. The first-order chi connectivity index (χ1) is 7.94. The van der Waals surface area contributed by atoms with Crippen molar-refractivity contribution in [1.82, 2.24) is 5.32 Å². The maximum atomic E-state index is 11.7. The summed E-state index contributed by atoms with van der Waals surface area (Å²) in [6.07, 6.45) is 0.750. The smallest absolute Gasteiger partial charge is 0.271 e. The lowest BCUT2D eigenvalue weighted by Gasteiger charge is -2.17. The van der Waals surface area contributed by atoms with Crippen LogP contribution in [-0.2, 0) is 11.0 Å². The number of rotatable bonds is 5. The molecule has 0 aromatic heterocycles. The molecule has 0 saturated carbocycles. The molecule has 0 radical (unpaired) electrons. The topological polar surface area (TPSA) is 75.4 Å². The predicted octanol–water partition coefficient (Wildman–Crippen LogP) is 1.68. The van der Waals surface area contributed by atoms with Gasteiger partial charge in [-0.05, 0) is 18.9 Å². The highest BCUT2D eigenvalue weighted by molar-refractivity contribution is 7.99. The number of nitrogens with two attached hydrogens (primary N) is 1. The lowest BCUT2D eigenvalue weighted by molar-refractivity contribution is 0.481. The Kier molecular flexibility index (Phi) is 5.28. The van der Waals surface area contributed by atoms with Gasteiger partial charge in [0.1, 0.15) is 0 Å². The van der Waals surface area contributed by atoms with Crippen LogP contribution < -0.4 is 11.1 Å². The van der Waals surface area contributed by atoms with E-state index in [4.69, 9.17) is 18.0 Å². The summed E-state index contributed by atoms with van der Waals surface area (Å²) < 4.78 is 11.6. The van der Waals surface area contributed by atoms with Crippen LogP contribution in [0.25, 0.3) is 0 Å². The fourth-order valence-electron chi connectivity index (χ4n) is 1.26. The minimum Gasteiger partial charge on any atom is -0.371 e. The molecule has 1 rings (SSSR count). The molecule has 0 bridgehead atoms. The van der Waals surface area contributed by atoms with E-state index >= 15 is 0 Å². The molecule has 0 aliphatic carbocycles. The van der Waals surface area contributed by atoms with Crippen LogP contribution in [0.3, 0.4) is 0 Å². The first-order valence-corrected chi connectivity index (χ1v) is 7.48. The van der Waals surface area contributed by atoms with Crippen molar-refractivity contribution in [3.8, 4) is 0 Å². The summed E-state index contributed by atoms with van der Waals surface area (Å²) in [5.74, 6) is -0.834. The second kappa shape index (κ2) is 6.26. The third kappa shape index (κ3) is 4.21. The van der Waals surface area contributed by atoms with Crippen molar-refractivity contribution in [2.45, 2.75) is 19.1 Å². The quantitative estimate of drug-likeness (QED) is 0.561. The van der Waals surface area contributed by atoms with E-state index in [1.165, 1.54) is 6.92 Å². The minimum atomic E-state index is -3.58. The van der Waals surface area contributed by atoms with Gasteiger partial charge in [0.2, 0.25) is 0 Å². The average molecular weight is 272 g/mol. The van der Waals surface area contributed by atoms with E-state index in [0.29, 0.717) is 6.54 Å². The van der Waals surface area contributed by atoms with E-state index in [-0.39, 0.29) is 4.73 Å². The molecule has 1 aromatic rings. The third-order valence-electron chi connectivity index (χ3n) is 2.38. The molecule has 0 fully saturated rings. The Morgan fingerprint density at radius 1 is 1.53 bits per heavy atom. The van der Waals surface area contributed by atoms with Crippen LogP contribution in [0.4, 0.5) is 0 Å². The Hall–Kier alpha value is -0.740. The van der Waals surface area contributed by atoms with Gasteiger partial charge in [-0.25, -0.2) is 0 Å². The zero-order chi connectivity index (χ0) is 12.9. The molecular weight excluding hydrogens is 255 g/mol. The van der Waals surface area contributed by atoms with E-state index in [9.17, 15) is 9.46 Å². The van der Waals surface area contributed by atoms with Crippen molar-refractivity contribution in [2.75, 3.05) is 6.54 Å². The molecule has 0 aliphatic heterocycles. The standard InChI is InChI=1S/C11H17N2O2PS/c1-9(12)16(14,15)11(17)13-8-7-10-5-3-2-4-6-10/h2-6,9H,7-8,12H2,1H3,(H,13,17)(H,14,15). The van der Waals surface area contributed by atoms with Crippen LogP contribution in [0, 0.1) is 0 Å². The molecule has 4 nitrogen and oxygen atoms in total. The van der Waals surface area contributed by atoms with Crippen LogP contribution in [0.2, 0.25) is 0 Å². The highest BCUT2D eigenvalue weighted by Gasteiger charge is 2.29. The van der Waals surface area contributed by atoms with Crippen molar-refractivity contribution in [1.29, 1.82) is 0 Å². The van der Waals surface area contributed by atoms with E-state index in [1.807, 2.05) is 30.3 Å². The largest absolute Gasteiger partial charge is 0.371 e. The molecule has 1 aromatic carbocycles. The Balaban J connectivity index is 2.42. The lowest BCUT2D eigenvalue weighted by Crippen LogP contribution is -2.29. The maximum Gasteiger partial charge on any atom is 0.271 e. The molecule has 0 aliphatic rings. The second-order valence-electron chi connectivity index (χ2n) is 3.83. The first-order valence-electron chi connectivity index (χ1n) is 5.35. The van der Waals surface area contributed by atoms with Crippen molar-refractivity contribution in [2.24, 2.45) is 5.73 Å².